The maximum Gasteiger partial charge on any atom is 0.227 e. The molecule has 1 atom stereocenters. The molecular weight excluding hydrogens is 394 g/mol. The zero-order valence-electron chi connectivity index (χ0n) is 16.8. The summed E-state index contributed by atoms with van der Waals surface area (Å²) in [5, 5.41) is 0. The molecule has 4 rings (SSSR count). The van der Waals surface area contributed by atoms with Gasteiger partial charge in [-0.2, -0.15) is 0 Å². The minimum absolute atomic E-state index is 0.00628. The predicted molar refractivity (Wildman–Crippen MR) is 119 cm³/mol. The van der Waals surface area contributed by atoms with Crippen LogP contribution in [-0.2, 0) is 21.1 Å². The van der Waals surface area contributed by atoms with Gasteiger partial charge in [0, 0.05) is 12.6 Å². The maximum absolute atomic E-state index is 12.9. The summed E-state index contributed by atoms with van der Waals surface area (Å²) < 4.78 is 25.5. The molecule has 30 heavy (non-hydrogen) atoms. The van der Waals surface area contributed by atoms with E-state index in [1.54, 1.807) is 35.2 Å². The van der Waals surface area contributed by atoms with Crippen LogP contribution >= 0.6 is 0 Å². The highest BCUT2D eigenvalue weighted by Gasteiger charge is 2.32. The molecule has 0 saturated carbocycles. The Labute approximate surface area is 178 Å². The molecule has 0 N–H and O–H groups in total. The van der Waals surface area contributed by atoms with Crippen LogP contribution in [0.1, 0.15) is 18.4 Å². The number of hydrogen-bond donors (Lipinski definition) is 0. The van der Waals surface area contributed by atoms with Crippen LogP contribution in [0, 0.1) is 0 Å². The highest BCUT2D eigenvalue weighted by molar-refractivity contribution is 7.91. The van der Waals surface area contributed by atoms with Gasteiger partial charge in [0.15, 0.2) is 9.84 Å². The van der Waals surface area contributed by atoms with E-state index < -0.39 is 9.84 Å². The third kappa shape index (κ3) is 4.62. The van der Waals surface area contributed by atoms with Crippen LogP contribution in [0.25, 0.3) is 11.1 Å². The standard InChI is InChI=1S/C25H25NO3S/c27-25(18-20-13-15-22(16-14-20)21-8-3-1-4-9-21)26-17-7-10-23(26)19-30(28,29)24-11-5-2-6-12-24/h1-6,8-9,11-16,23H,7,10,17-19H2. The lowest BCUT2D eigenvalue weighted by molar-refractivity contribution is -0.130. The highest BCUT2D eigenvalue weighted by atomic mass is 32.2. The summed E-state index contributed by atoms with van der Waals surface area (Å²) >= 11 is 0. The molecule has 0 aromatic heterocycles. The molecule has 0 radical (unpaired) electrons. The van der Waals surface area contributed by atoms with Gasteiger partial charge < -0.3 is 4.90 Å². The van der Waals surface area contributed by atoms with Gasteiger partial charge in [0.05, 0.1) is 17.1 Å². The quantitative estimate of drug-likeness (QED) is 0.596. The molecule has 3 aromatic carbocycles. The lowest BCUT2D eigenvalue weighted by Gasteiger charge is -2.25. The van der Waals surface area contributed by atoms with Gasteiger partial charge >= 0.3 is 0 Å². The Morgan fingerprint density at radius 3 is 2.10 bits per heavy atom. The van der Waals surface area contributed by atoms with E-state index in [9.17, 15) is 13.2 Å². The first-order valence-corrected chi connectivity index (χ1v) is 11.9. The number of amides is 1. The molecule has 1 heterocycles. The van der Waals surface area contributed by atoms with Crippen molar-refractivity contribution in [3.05, 3.63) is 90.5 Å². The molecule has 1 amide bonds. The van der Waals surface area contributed by atoms with Crippen molar-refractivity contribution in [3.63, 3.8) is 0 Å². The number of likely N-dealkylation sites (tertiary alicyclic amines) is 1. The molecule has 0 spiro atoms. The van der Waals surface area contributed by atoms with E-state index in [2.05, 4.69) is 12.1 Å². The fraction of sp³-hybridized carbons (Fsp3) is 0.240. The summed E-state index contributed by atoms with van der Waals surface area (Å²) in [5.74, 6) is -0.0244. The van der Waals surface area contributed by atoms with Gasteiger partial charge in [-0.3, -0.25) is 4.79 Å². The Balaban J connectivity index is 1.43. The lowest BCUT2D eigenvalue weighted by Crippen LogP contribution is -2.40. The number of benzene rings is 3. The van der Waals surface area contributed by atoms with E-state index in [4.69, 9.17) is 0 Å². The van der Waals surface area contributed by atoms with Crippen molar-refractivity contribution in [1.29, 1.82) is 0 Å². The largest absolute Gasteiger partial charge is 0.338 e. The van der Waals surface area contributed by atoms with Crippen molar-refractivity contribution in [2.45, 2.75) is 30.2 Å². The molecule has 3 aromatic rings. The fourth-order valence-electron chi connectivity index (χ4n) is 4.04. The molecule has 5 heteroatoms. The van der Waals surface area contributed by atoms with Crippen LogP contribution in [0.2, 0.25) is 0 Å². The lowest BCUT2D eigenvalue weighted by atomic mass is 10.0. The smallest absolute Gasteiger partial charge is 0.227 e. The average Bonchev–Trinajstić information content (AvgIpc) is 3.23. The topological polar surface area (TPSA) is 54.5 Å². The second kappa shape index (κ2) is 8.84. The number of rotatable bonds is 6. The number of hydrogen-bond acceptors (Lipinski definition) is 3. The minimum Gasteiger partial charge on any atom is -0.338 e. The van der Waals surface area contributed by atoms with E-state index in [-0.39, 0.29) is 24.1 Å². The van der Waals surface area contributed by atoms with Gasteiger partial charge in [-0.25, -0.2) is 8.42 Å². The number of nitrogens with zero attached hydrogens (tertiary/aromatic N) is 1. The maximum atomic E-state index is 12.9. The van der Waals surface area contributed by atoms with Crippen molar-refractivity contribution in [3.8, 4) is 11.1 Å². The minimum atomic E-state index is -3.41. The Kier molecular flexibility index (Phi) is 6.00. The van der Waals surface area contributed by atoms with E-state index in [0.29, 0.717) is 11.4 Å². The Bertz CT molecular complexity index is 1090. The summed E-state index contributed by atoms with van der Waals surface area (Å²) in [6.45, 7) is 0.621. The zero-order chi connectivity index (χ0) is 21.0. The van der Waals surface area contributed by atoms with Crippen LogP contribution in [0.4, 0.5) is 0 Å². The first-order valence-electron chi connectivity index (χ1n) is 10.2. The van der Waals surface area contributed by atoms with E-state index >= 15 is 0 Å². The van der Waals surface area contributed by atoms with Gasteiger partial charge in [-0.1, -0.05) is 72.8 Å². The Morgan fingerprint density at radius 2 is 1.43 bits per heavy atom. The summed E-state index contributed by atoms with van der Waals surface area (Å²) in [5.41, 5.74) is 3.19. The molecule has 1 aliphatic heterocycles. The van der Waals surface area contributed by atoms with Crippen LogP contribution in [-0.4, -0.2) is 37.6 Å². The first kappa shape index (κ1) is 20.4. The fourth-order valence-corrected chi connectivity index (χ4v) is 5.65. The van der Waals surface area contributed by atoms with Gasteiger partial charge in [-0.05, 0) is 41.7 Å². The van der Waals surface area contributed by atoms with E-state index in [1.165, 1.54) is 0 Å². The van der Waals surface area contributed by atoms with Crippen molar-refractivity contribution in [2.75, 3.05) is 12.3 Å². The van der Waals surface area contributed by atoms with Gasteiger partial charge in [0.2, 0.25) is 5.91 Å². The average molecular weight is 420 g/mol. The third-order valence-corrected chi connectivity index (χ3v) is 7.44. The van der Waals surface area contributed by atoms with Crippen molar-refractivity contribution in [2.24, 2.45) is 0 Å². The number of sulfone groups is 1. The molecule has 0 bridgehead atoms. The van der Waals surface area contributed by atoms with Crippen LogP contribution < -0.4 is 0 Å². The van der Waals surface area contributed by atoms with Gasteiger partial charge in [-0.15, -0.1) is 0 Å². The second-order valence-corrected chi connectivity index (χ2v) is 9.75. The van der Waals surface area contributed by atoms with Gasteiger partial charge in [0.25, 0.3) is 0 Å². The summed E-state index contributed by atoms with van der Waals surface area (Å²) in [4.78, 5) is 15.0. The molecule has 1 aliphatic rings. The monoisotopic (exact) mass is 419 g/mol. The highest BCUT2D eigenvalue weighted by Crippen LogP contribution is 2.24. The van der Waals surface area contributed by atoms with Crippen molar-refractivity contribution >= 4 is 15.7 Å². The molecule has 1 fully saturated rings. The van der Waals surface area contributed by atoms with E-state index in [0.717, 1.165) is 29.5 Å². The number of carbonyl (C=O) groups excluding carboxylic acids is 1. The third-order valence-electron chi connectivity index (χ3n) is 5.63. The second-order valence-electron chi connectivity index (χ2n) is 7.72. The molecular formula is C25H25NO3S. The summed E-state index contributed by atoms with van der Waals surface area (Å²) in [6, 6.07) is 26.3. The van der Waals surface area contributed by atoms with Crippen LogP contribution in [0.3, 0.4) is 0 Å². The molecule has 1 saturated heterocycles. The summed E-state index contributed by atoms with van der Waals surface area (Å²) in [6.07, 6.45) is 1.86. The number of carbonyl (C=O) groups is 1. The molecule has 4 nitrogen and oxygen atoms in total. The predicted octanol–water partition coefficient (Wildman–Crippen LogP) is 4.36. The SMILES string of the molecule is O=C(Cc1ccc(-c2ccccc2)cc1)N1CCCC1CS(=O)(=O)c1ccccc1. The van der Waals surface area contributed by atoms with E-state index in [1.807, 2.05) is 42.5 Å². The molecule has 1 unspecified atom stereocenters. The Morgan fingerprint density at radius 1 is 0.833 bits per heavy atom. The van der Waals surface area contributed by atoms with Crippen LogP contribution in [0.15, 0.2) is 89.8 Å². The zero-order valence-corrected chi connectivity index (χ0v) is 17.6. The summed E-state index contributed by atoms with van der Waals surface area (Å²) in [7, 11) is -3.41. The Hall–Kier alpha value is -2.92. The van der Waals surface area contributed by atoms with Gasteiger partial charge in [0.1, 0.15) is 0 Å². The van der Waals surface area contributed by atoms with Crippen molar-refractivity contribution in [1.82, 2.24) is 4.90 Å². The normalized spacial score (nSPS) is 16.5. The molecule has 0 aliphatic carbocycles. The van der Waals surface area contributed by atoms with Crippen molar-refractivity contribution < 1.29 is 13.2 Å². The van der Waals surface area contributed by atoms with Crippen LogP contribution in [0.5, 0.6) is 0 Å². The molecule has 154 valence electrons. The first-order chi connectivity index (χ1) is 14.5.